The molecule has 0 aliphatic carbocycles. The molecule has 4 N–H and O–H groups in total. The lowest BCUT2D eigenvalue weighted by molar-refractivity contribution is -0.129. The van der Waals surface area contributed by atoms with Crippen LogP contribution in [0.4, 0.5) is 0 Å². The fourth-order valence-electron chi connectivity index (χ4n) is 2.77. The molecule has 1 fully saturated rings. The molecule has 1 heterocycles. The van der Waals surface area contributed by atoms with Crippen LogP contribution in [0.25, 0.3) is 0 Å². The Hall–Kier alpha value is -2.10. The van der Waals surface area contributed by atoms with Gasteiger partial charge in [-0.3, -0.25) is 14.5 Å². The Morgan fingerprint density at radius 3 is 2.00 bits per heavy atom. The van der Waals surface area contributed by atoms with Crippen LogP contribution >= 0.6 is 12.4 Å². The van der Waals surface area contributed by atoms with Crippen molar-refractivity contribution in [2.75, 3.05) is 13.1 Å². The van der Waals surface area contributed by atoms with Gasteiger partial charge >= 0.3 is 0 Å². The summed E-state index contributed by atoms with van der Waals surface area (Å²) in [6, 6.07) is 9.34. The highest BCUT2D eigenvalue weighted by Crippen LogP contribution is 2.31. The van der Waals surface area contributed by atoms with Crippen LogP contribution in [0.5, 0.6) is 0 Å². The van der Waals surface area contributed by atoms with E-state index >= 15 is 0 Å². The molecule has 0 saturated carbocycles. The van der Waals surface area contributed by atoms with Gasteiger partial charge in [-0.1, -0.05) is 12.1 Å². The van der Waals surface area contributed by atoms with Crippen LogP contribution in [-0.2, 0) is 9.59 Å². The molecule has 7 heteroatoms. The van der Waals surface area contributed by atoms with Crippen molar-refractivity contribution in [3.8, 4) is 6.07 Å². The second kappa shape index (κ2) is 7.25. The fraction of sp³-hybridized carbons (Fsp3) is 0.400. The Balaban J connectivity index is 0.00000242. The van der Waals surface area contributed by atoms with E-state index in [9.17, 15) is 9.59 Å². The number of likely N-dealkylation sites (tertiary alicyclic amines) is 1. The molecule has 0 radical (unpaired) electrons. The van der Waals surface area contributed by atoms with Crippen LogP contribution in [0.3, 0.4) is 0 Å². The highest BCUT2D eigenvalue weighted by Gasteiger charge is 2.41. The molecule has 1 aliphatic heterocycles. The second-order valence-corrected chi connectivity index (χ2v) is 5.38. The summed E-state index contributed by atoms with van der Waals surface area (Å²) in [6.07, 6.45) is 0. The number of amides is 2. The first-order valence-corrected chi connectivity index (χ1v) is 6.76. The zero-order chi connectivity index (χ0) is 15.6. The number of primary amides is 2. The van der Waals surface area contributed by atoms with Crippen LogP contribution in [0.2, 0.25) is 0 Å². The van der Waals surface area contributed by atoms with E-state index < -0.39 is 23.7 Å². The number of carbonyl (C=O) groups excluding carboxylic acids is 2. The molecule has 2 amide bonds. The molecule has 6 nitrogen and oxygen atoms in total. The van der Waals surface area contributed by atoms with Crippen molar-refractivity contribution in [1.82, 2.24) is 4.90 Å². The lowest BCUT2D eigenvalue weighted by atomic mass is 9.95. The number of benzene rings is 1. The predicted octanol–water partition coefficient (Wildman–Crippen LogP) is 0.560. The molecule has 22 heavy (non-hydrogen) atoms. The molecule has 1 saturated heterocycles. The molecule has 1 aromatic carbocycles. The number of halogens is 1. The number of hydrogen-bond acceptors (Lipinski definition) is 4. The number of carbonyl (C=O) groups is 2. The minimum atomic E-state index is -0.539. The third kappa shape index (κ3) is 3.56. The van der Waals surface area contributed by atoms with Gasteiger partial charge in [0.2, 0.25) is 11.8 Å². The number of nitrogens with two attached hydrogens (primary N) is 2. The first-order valence-electron chi connectivity index (χ1n) is 6.76. The van der Waals surface area contributed by atoms with E-state index in [0.29, 0.717) is 18.7 Å². The van der Waals surface area contributed by atoms with Crippen molar-refractivity contribution in [3.63, 3.8) is 0 Å². The molecule has 3 unspecified atom stereocenters. The van der Waals surface area contributed by atoms with Gasteiger partial charge in [-0.15, -0.1) is 12.4 Å². The standard InChI is InChI=1S/C15H18N4O2.ClH/c1-9(11-4-2-10(6-16)3-5-11)19-7-12(14(17)20)13(8-19)15(18)21;/h2-5,9,12-13H,7-8H2,1H3,(H2,17,20)(H2,18,21);1H. The van der Waals surface area contributed by atoms with Crippen molar-refractivity contribution in [1.29, 1.82) is 5.26 Å². The molecule has 1 aliphatic rings. The van der Waals surface area contributed by atoms with E-state index in [1.807, 2.05) is 24.0 Å². The van der Waals surface area contributed by atoms with E-state index in [-0.39, 0.29) is 18.4 Å². The maximum atomic E-state index is 11.5. The molecule has 0 aromatic heterocycles. The van der Waals surface area contributed by atoms with Gasteiger partial charge in [-0.05, 0) is 24.6 Å². The summed E-state index contributed by atoms with van der Waals surface area (Å²) in [6.45, 7) is 2.83. The Kier molecular flexibility index (Phi) is 5.92. The van der Waals surface area contributed by atoms with E-state index in [1.54, 1.807) is 12.1 Å². The lowest BCUT2D eigenvalue weighted by Crippen LogP contribution is -2.36. The van der Waals surface area contributed by atoms with Crippen molar-refractivity contribution < 1.29 is 9.59 Å². The van der Waals surface area contributed by atoms with Crippen LogP contribution in [-0.4, -0.2) is 29.8 Å². The first kappa shape index (κ1) is 18.0. The smallest absolute Gasteiger partial charge is 0.222 e. The van der Waals surface area contributed by atoms with Gasteiger partial charge in [-0.25, -0.2) is 0 Å². The maximum Gasteiger partial charge on any atom is 0.222 e. The summed E-state index contributed by atoms with van der Waals surface area (Å²) < 4.78 is 0. The highest BCUT2D eigenvalue weighted by molar-refractivity contribution is 5.87. The van der Waals surface area contributed by atoms with Gasteiger partial charge in [0.25, 0.3) is 0 Å². The summed E-state index contributed by atoms with van der Waals surface area (Å²) in [5, 5.41) is 8.81. The minimum absolute atomic E-state index is 0. The summed E-state index contributed by atoms with van der Waals surface area (Å²) in [5.74, 6) is -2.06. The third-order valence-corrected chi connectivity index (χ3v) is 4.15. The Labute approximate surface area is 135 Å². The Morgan fingerprint density at radius 2 is 1.64 bits per heavy atom. The molecule has 2 rings (SSSR count). The lowest BCUT2D eigenvalue weighted by Gasteiger charge is -2.24. The average molecular weight is 323 g/mol. The fourth-order valence-corrected chi connectivity index (χ4v) is 2.77. The van der Waals surface area contributed by atoms with Gasteiger partial charge in [0.05, 0.1) is 23.5 Å². The summed E-state index contributed by atoms with van der Waals surface area (Å²) in [5.41, 5.74) is 12.3. The first-order chi connectivity index (χ1) is 9.93. The van der Waals surface area contributed by atoms with E-state index in [4.69, 9.17) is 16.7 Å². The van der Waals surface area contributed by atoms with Gasteiger partial charge in [0.15, 0.2) is 0 Å². The normalized spacial score (nSPS) is 22.4. The zero-order valence-electron chi connectivity index (χ0n) is 12.2. The molecular weight excluding hydrogens is 304 g/mol. The van der Waals surface area contributed by atoms with Gasteiger partial charge in [0.1, 0.15) is 0 Å². The number of nitriles is 1. The van der Waals surface area contributed by atoms with Crippen LogP contribution in [0.15, 0.2) is 24.3 Å². The van der Waals surface area contributed by atoms with Crippen LogP contribution < -0.4 is 11.5 Å². The van der Waals surface area contributed by atoms with Crippen molar-refractivity contribution in [3.05, 3.63) is 35.4 Å². The monoisotopic (exact) mass is 322 g/mol. The van der Waals surface area contributed by atoms with E-state index in [0.717, 1.165) is 5.56 Å². The van der Waals surface area contributed by atoms with Crippen LogP contribution in [0, 0.1) is 23.2 Å². The van der Waals surface area contributed by atoms with Gasteiger partial charge in [0, 0.05) is 19.1 Å². The summed E-state index contributed by atoms with van der Waals surface area (Å²) >= 11 is 0. The van der Waals surface area contributed by atoms with Gasteiger partial charge < -0.3 is 11.5 Å². The zero-order valence-corrected chi connectivity index (χ0v) is 13.0. The minimum Gasteiger partial charge on any atom is -0.369 e. The van der Waals surface area contributed by atoms with Crippen molar-refractivity contribution >= 4 is 24.2 Å². The molecule has 0 bridgehead atoms. The Morgan fingerprint density at radius 1 is 1.18 bits per heavy atom. The largest absolute Gasteiger partial charge is 0.369 e. The number of hydrogen-bond donors (Lipinski definition) is 2. The maximum absolute atomic E-state index is 11.5. The molecule has 0 spiro atoms. The third-order valence-electron chi connectivity index (χ3n) is 4.15. The number of nitrogens with zero attached hydrogens (tertiary/aromatic N) is 2. The highest BCUT2D eigenvalue weighted by atomic mass is 35.5. The molecule has 3 atom stereocenters. The molecule has 1 aromatic rings. The number of rotatable bonds is 4. The average Bonchev–Trinajstić information content (AvgIpc) is 2.92. The van der Waals surface area contributed by atoms with Crippen molar-refractivity contribution in [2.24, 2.45) is 23.3 Å². The predicted molar refractivity (Wildman–Crippen MR) is 83.8 cm³/mol. The topological polar surface area (TPSA) is 113 Å². The summed E-state index contributed by atoms with van der Waals surface area (Å²) in [4.78, 5) is 24.9. The SMILES string of the molecule is CC(c1ccc(C#N)cc1)N1CC(C(N)=O)C(C(N)=O)C1.Cl. The Bertz CT molecular complexity index is 575. The summed E-state index contributed by atoms with van der Waals surface area (Å²) in [7, 11) is 0. The quantitative estimate of drug-likeness (QED) is 0.843. The van der Waals surface area contributed by atoms with E-state index in [1.165, 1.54) is 0 Å². The molecule has 118 valence electrons. The van der Waals surface area contributed by atoms with E-state index in [2.05, 4.69) is 6.07 Å². The molecular formula is C15H19ClN4O2. The second-order valence-electron chi connectivity index (χ2n) is 5.38. The van der Waals surface area contributed by atoms with Gasteiger partial charge in [-0.2, -0.15) is 5.26 Å². The van der Waals surface area contributed by atoms with Crippen LogP contribution in [0.1, 0.15) is 24.1 Å². The van der Waals surface area contributed by atoms with Crippen molar-refractivity contribution in [2.45, 2.75) is 13.0 Å².